The van der Waals surface area contributed by atoms with Gasteiger partial charge in [0.1, 0.15) is 11.5 Å². The first kappa shape index (κ1) is 24.4. The average Bonchev–Trinajstić information content (AvgIpc) is 2.81. The molecule has 1 aromatic heterocycles. The maximum atomic E-state index is 13.5. The van der Waals surface area contributed by atoms with Gasteiger partial charge in [-0.05, 0) is 70.3 Å². The highest BCUT2D eigenvalue weighted by molar-refractivity contribution is 6.31. The minimum absolute atomic E-state index is 0.0351. The summed E-state index contributed by atoms with van der Waals surface area (Å²) in [5, 5.41) is 8.32. The molecule has 0 saturated carbocycles. The Morgan fingerprint density at radius 1 is 1.09 bits per heavy atom. The van der Waals surface area contributed by atoms with Gasteiger partial charge < -0.3 is 10.3 Å². The van der Waals surface area contributed by atoms with Crippen LogP contribution in [0.5, 0.6) is 0 Å². The van der Waals surface area contributed by atoms with Crippen molar-refractivity contribution in [2.45, 2.75) is 71.0 Å². The molecule has 0 amide bonds. The first-order chi connectivity index (χ1) is 16.3. The lowest BCUT2D eigenvalue weighted by molar-refractivity contribution is 0.101. The van der Waals surface area contributed by atoms with E-state index in [2.05, 4.69) is 23.7 Å². The summed E-state index contributed by atoms with van der Waals surface area (Å²) >= 11 is 6.27. The number of benzene rings is 2. The number of nitrogen functional groups attached to an aromatic ring is 1. The van der Waals surface area contributed by atoms with Gasteiger partial charge in [-0.2, -0.15) is 0 Å². The molecule has 2 aromatic carbocycles. The van der Waals surface area contributed by atoms with Gasteiger partial charge in [0.05, 0.1) is 11.0 Å². The van der Waals surface area contributed by atoms with Crippen molar-refractivity contribution in [2.75, 3.05) is 6.54 Å². The Bertz CT molecular complexity index is 1230. The molecule has 4 rings (SSSR count). The Morgan fingerprint density at radius 3 is 2.56 bits per heavy atom. The van der Waals surface area contributed by atoms with E-state index in [9.17, 15) is 4.79 Å². The number of nitrogens with zero attached hydrogens (tertiary/aromatic N) is 3. The van der Waals surface area contributed by atoms with Crippen molar-refractivity contribution < 1.29 is 0 Å². The van der Waals surface area contributed by atoms with Gasteiger partial charge in [0.15, 0.2) is 0 Å². The maximum absolute atomic E-state index is 13.5. The van der Waals surface area contributed by atoms with Crippen LogP contribution in [-0.4, -0.2) is 38.9 Å². The molecule has 0 bridgehead atoms. The summed E-state index contributed by atoms with van der Waals surface area (Å²) in [7, 11) is 0. The highest BCUT2D eigenvalue weighted by Crippen LogP contribution is 2.24. The highest BCUT2D eigenvalue weighted by atomic mass is 35.5. The summed E-state index contributed by atoms with van der Waals surface area (Å²) in [4.78, 5) is 20.8. The van der Waals surface area contributed by atoms with Crippen LogP contribution in [0.15, 0.2) is 47.3 Å². The zero-order valence-electron chi connectivity index (χ0n) is 20.1. The molecule has 0 aliphatic carbocycles. The van der Waals surface area contributed by atoms with Gasteiger partial charge in [0.2, 0.25) is 0 Å². The van der Waals surface area contributed by atoms with Crippen LogP contribution >= 0.6 is 11.6 Å². The smallest absolute Gasteiger partial charge is 0.277 e. The number of fused-ring (bicyclic) bond motifs is 1. The van der Waals surface area contributed by atoms with E-state index in [0.29, 0.717) is 40.5 Å². The van der Waals surface area contributed by atoms with Crippen LogP contribution in [0, 0.1) is 5.41 Å². The quantitative estimate of drug-likeness (QED) is 0.256. The summed E-state index contributed by atoms with van der Waals surface area (Å²) in [6, 6.07) is 13.9. The summed E-state index contributed by atoms with van der Waals surface area (Å²) in [6.45, 7) is 6.40. The number of likely N-dealkylation sites (tertiary alicyclic amines) is 1. The molecule has 3 N–H and O–H groups in total. The van der Waals surface area contributed by atoms with Crippen molar-refractivity contribution in [3.05, 3.63) is 63.4 Å². The minimum atomic E-state index is -0.145. The van der Waals surface area contributed by atoms with Crippen molar-refractivity contribution >= 4 is 28.5 Å². The second kappa shape index (κ2) is 10.7. The van der Waals surface area contributed by atoms with Gasteiger partial charge in [-0.3, -0.25) is 15.1 Å². The molecule has 0 radical (unpaired) electrons. The molecule has 2 heterocycles. The predicted octanol–water partition coefficient (Wildman–Crippen LogP) is 5.43. The molecule has 1 saturated heterocycles. The second-order valence-corrected chi connectivity index (χ2v) is 9.91. The Labute approximate surface area is 206 Å². The maximum Gasteiger partial charge on any atom is 0.277 e. The SMILES string of the molecule is C[C@@H]1CCC[C@H](C)N1CCCCCn1c(=O)c(-c2cccc(C(=N)N)c2)nc2ccc(Cl)cc21. The summed E-state index contributed by atoms with van der Waals surface area (Å²) in [6.07, 6.45) is 7.00. The lowest BCUT2D eigenvalue weighted by Gasteiger charge is -2.39. The number of halogens is 1. The van der Waals surface area contributed by atoms with Gasteiger partial charge in [-0.1, -0.05) is 42.6 Å². The van der Waals surface area contributed by atoms with Crippen molar-refractivity contribution in [1.82, 2.24) is 14.5 Å². The monoisotopic (exact) mass is 479 g/mol. The third-order valence-corrected chi connectivity index (χ3v) is 7.26. The predicted molar refractivity (Wildman–Crippen MR) is 141 cm³/mol. The molecule has 3 aromatic rings. The summed E-state index contributed by atoms with van der Waals surface area (Å²) in [5.74, 6) is -0.0351. The zero-order valence-corrected chi connectivity index (χ0v) is 20.8. The van der Waals surface area contributed by atoms with Crippen LogP contribution in [-0.2, 0) is 6.54 Å². The topological polar surface area (TPSA) is 88.0 Å². The van der Waals surface area contributed by atoms with Crippen LogP contribution in [0.3, 0.4) is 0 Å². The van der Waals surface area contributed by atoms with Gasteiger partial charge in [0, 0.05) is 34.8 Å². The molecule has 0 spiro atoms. The molecular formula is C27H34ClN5O. The van der Waals surface area contributed by atoms with Gasteiger partial charge in [0.25, 0.3) is 5.56 Å². The largest absolute Gasteiger partial charge is 0.384 e. The molecule has 0 unspecified atom stereocenters. The van der Waals surface area contributed by atoms with E-state index >= 15 is 0 Å². The Kier molecular flexibility index (Phi) is 7.69. The molecule has 6 nitrogen and oxygen atoms in total. The van der Waals surface area contributed by atoms with Crippen molar-refractivity contribution in [3.63, 3.8) is 0 Å². The van der Waals surface area contributed by atoms with E-state index in [1.807, 2.05) is 18.2 Å². The number of aromatic nitrogens is 2. The number of hydrogen-bond donors (Lipinski definition) is 2. The van der Waals surface area contributed by atoms with Crippen molar-refractivity contribution in [2.24, 2.45) is 5.73 Å². The number of nitrogens with one attached hydrogen (secondary N) is 1. The van der Waals surface area contributed by atoms with Crippen LogP contribution < -0.4 is 11.3 Å². The van der Waals surface area contributed by atoms with E-state index in [1.54, 1.807) is 28.8 Å². The number of rotatable bonds is 8. The Morgan fingerprint density at radius 2 is 1.82 bits per heavy atom. The molecule has 7 heteroatoms. The number of hydrogen-bond acceptors (Lipinski definition) is 4. The van der Waals surface area contributed by atoms with Crippen LogP contribution in [0.4, 0.5) is 0 Å². The van der Waals surface area contributed by atoms with E-state index in [0.717, 1.165) is 36.8 Å². The highest BCUT2D eigenvalue weighted by Gasteiger charge is 2.23. The number of unbranched alkanes of at least 4 members (excludes halogenated alkanes) is 2. The minimum Gasteiger partial charge on any atom is -0.384 e. The Balaban J connectivity index is 1.56. The van der Waals surface area contributed by atoms with Gasteiger partial charge in [-0.25, -0.2) is 4.98 Å². The molecule has 1 aliphatic rings. The summed E-state index contributed by atoms with van der Waals surface area (Å²) < 4.78 is 1.80. The second-order valence-electron chi connectivity index (χ2n) is 9.47. The van der Waals surface area contributed by atoms with Gasteiger partial charge >= 0.3 is 0 Å². The molecule has 1 fully saturated rings. The third kappa shape index (κ3) is 5.34. The average molecular weight is 480 g/mol. The standard InChI is InChI=1S/C27H34ClN5O/c1-18-8-6-9-19(2)32(18)14-4-3-5-15-33-24-17-22(28)12-13-23(24)31-25(27(33)34)20-10-7-11-21(16-20)26(29)30/h7,10-13,16-19H,3-6,8-9,14-15H2,1-2H3,(H3,29,30)/t18-,19+. The van der Waals surface area contributed by atoms with Crippen molar-refractivity contribution in [3.8, 4) is 11.3 Å². The molecule has 2 atom stereocenters. The van der Waals surface area contributed by atoms with E-state index in [-0.39, 0.29) is 11.4 Å². The lowest BCUT2D eigenvalue weighted by Crippen LogP contribution is -2.44. The number of nitrogens with two attached hydrogens (primary N) is 1. The Hall–Kier alpha value is -2.70. The fourth-order valence-electron chi connectivity index (χ4n) is 5.11. The number of amidine groups is 1. The molecule has 180 valence electrons. The first-order valence-electron chi connectivity index (χ1n) is 12.3. The number of aryl methyl sites for hydroxylation is 1. The first-order valence-corrected chi connectivity index (χ1v) is 12.6. The summed E-state index contributed by atoms with van der Waals surface area (Å²) in [5.41, 5.74) is 8.60. The van der Waals surface area contributed by atoms with E-state index < -0.39 is 0 Å². The lowest BCUT2D eigenvalue weighted by atomic mass is 9.97. The van der Waals surface area contributed by atoms with E-state index in [1.165, 1.54) is 19.3 Å². The third-order valence-electron chi connectivity index (χ3n) is 7.03. The number of piperidine rings is 1. The molecule has 34 heavy (non-hydrogen) atoms. The van der Waals surface area contributed by atoms with Crippen LogP contribution in [0.1, 0.15) is 57.9 Å². The van der Waals surface area contributed by atoms with Crippen molar-refractivity contribution in [1.29, 1.82) is 5.41 Å². The fraction of sp³-hybridized carbons (Fsp3) is 0.444. The molecule has 1 aliphatic heterocycles. The normalized spacial score (nSPS) is 18.9. The van der Waals surface area contributed by atoms with E-state index in [4.69, 9.17) is 22.7 Å². The zero-order chi connectivity index (χ0) is 24.2. The van der Waals surface area contributed by atoms with Gasteiger partial charge in [-0.15, -0.1) is 0 Å². The fourth-order valence-corrected chi connectivity index (χ4v) is 5.28. The van der Waals surface area contributed by atoms with Crippen LogP contribution in [0.25, 0.3) is 22.3 Å². The molecular weight excluding hydrogens is 446 g/mol. The van der Waals surface area contributed by atoms with Crippen LogP contribution in [0.2, 0.25) is 5.02 Å².